The third-order valence-electron chi connectivity index (χ3n) is 2.63. The number of unbranched alkanes of at least 4 members (excludes halogenated alkanes) is 3. The summed E-state index contributed by atoms with van der Waals surface area (Å²) < 4.78 is 5.46. The molecule has 0 saturated carbocycles. The summed E-state index contributed by atoms with van der Waals surface area (Å²) >= 11 is 5.65. The SMILES string of the molecule is CCCCCCOc1ccc(CCl)cc1[N+](=O)[O-]. The number of benzene rings is 1. The Morgan fingerprint density at radius 1 is 1.33 bits per heavy atom. The van der Waals surface area contributed by atoms with Gasteiger partial charge < -0.3 is 4.74 Å². The van der Waals surface area contributed by atoms with E-state index in [-0.39, 0.29) is 11.6 Å². The molecule has 0 atom stereocenters. The van der Waals surface area contributed by atoms with E-state index >= 15 is 0 Å². The molecule has 0 aliphatic carbocycles. The molecule has 0 unspecified atom stereocenters. The molecular formula is C13H18ClNO3. The second kappa shape index (κ2) is 7.93. The van der Waals surface area contributed by atoms with Crippen molar-refractivity contribution < 1.29 is 9.66 Å². The molecule has 1 aromatic carbocycles. The van der Waals surface area contributed by atoms with Gasteiger partial charge in [-0.3, -0.25) is 10.1 Å². The zero-order valence-corrected chi connectivity index (χ0v) is 11.3. The second-order valence-electron chi connectivity index (χ2n) is 4.10. The van der Waals surface area contributed by atoms with Crippen molar-refractivity contribution in [1.29, 1.82) is 0 Å². The van der Waals surface area contributed by atoms with Crippen LogP contribution in [0.25, 0.3) is 0 Å². The molecule has 0 spiro atoms. The minimum atomic E-state index is -0.433. The Morgan fingerprint density at radius 2 is 2.11 bits per heavy atom. The van der Waals surface area contributed by atoms with Crippen LogP contribution in [0, 0.1) is 10.1 Å². The molecule has 0 amide bonds. The number of alkyl halides is 1. The van der Waals surface area contributed by atoms with Gasteiger partial charge in [-0.25, -0.2) is 0 Å². The van der Waals surface area contributed by atoms with Crippen LogP contribution in [0.4, 0.5) is 5.69 Å². The summed E-state index contributed by atoms with van der Waals surface area (Å²) in [6.07, 6.45) is 4.33. The third kappa shape index (κ3) is 4.53. The fourth-order valence-electron chi connectivity index (χ4n) is 1.62. The predicted molar refractivity (Wildman–Crippen MR) is 72.3 cm³/mol. The summed E-state index contributed by atoms with van der Waals surface area (Å²) in [4.78, 5) is 10.5. The fraction of sp³-hybridized carbons (Fsp3) is 0.538. The maximum Gasteiger partial charge on any atom is 0.311 e. The van der Waals surface area contributed by atoms with Crippen LogP contribution in [0.15, 0.2) is 18.2 Å². The van der Waals surface area contributed by atoms with E-state index in [0.717, 1.165) is 31.2 Å². The number of hydrogen-bond donors (Lipinski definition) is 0. The predicted octanol–water partition coefficient (Wildman–Crippen LogP) is 4.29. The summed E-state index contributed by atoms with van der Waals surface area (Å²) in [5.41, 5.74) is 0.713. The Morgan fingerprint density at radius 3 is 2.72 bits per heavy atom. The van der Waals surface area contributed by atoms with Crippen LogP contribution in [0.1, 0.15) is 38.2 Å². The van der Waals surface area contributed by atoms with Gasteiger partial charge in [0.05, 0.1) is 11.5 Å². The molecule has 18 heavy (non-hydrogen) atoms. The number of nitro benzene ring substituents is 1. The lowest BCUT2D eigenvalue weighted by molar-refractivity contribution is -0.385. The normalized spacial score (nSPS) is 10.3. The molecule has 0 N–H and O–H groups in total. The van der Waals surface area contributed by atoms with Gasteiger partial charge in [0, 0.05) is 11.9 Å². The van der Waals surface area contributed by atoms with Gasteiger partial charge in [0.2, 0.25) is 0 Å². The number of ether oxygens (including phenoxy) is 1. The smallest absolute Gasteiger partial charge is 0.311 e. The van der Waals surface area contributed by atoms with E-state index in [1.807, 2.05) is 0 Å². The standard InChI is InChI=1S/C13H18ClNO3/c1-2-3-4-5-8-18-13-7-6-11(10-14)9-12(13)15(16)17/h6-7,9H,2-5,8,10H2,1H3. The van der Waals surface area contributed by atoms with Crippen molar-refractivity contribution in [3.8, 4) is 5.75 Å². The molecule has 0 bridgehead atoms. The average molecular weight is 272 g/mol. The minimum Gasteiger partial charge on any atom is -0.487 e. The van der Waals surface area contributed by atoms with E-state index in [4.69, 9.17) is 16.3 Å². The van der Waals surface area contributed by atoms with Crippen LogP contribution in [0.2, 0.25) is 0 Å². The lowest BCUT2D eigenvalue weighted by atomic mass is 10.2. The Balaban J connectivity index is 2.61. The van der Waals surface area contributed by atoms with Crippen LogP contribution >= 0.6 is 11.6 Å². The summed E-state index contributed by atoms with van der Waals surface area (Å²) in [5, 5.41) is 10.9. The Hall–Kier alpha value is -1.29. The highest BCUT2D eigenvalue weighted by atomic mass is 35.5. The first kappa shape index (κ1) is 14.8. The van der Waals surface area contributed by atoms with Crippen molar-refractivity contribution in [3.63, 3.8) is 0 Å². The lowest BCUT2D eigenvalue weighted by Crippen LogP contribution is -2.01. The van der Waals surface area contributed by atoms with Gasteiger partial charge in [0.15, 0.2) is 5.75 Å². The maximum atomic E-state index is 10.9. The van der Waals surface area contributed by atoms with Crippen LogP contribution < -0.4 is 4.74 Å². The molecule has 1 aromatic rings. The van der Waals surface area contributed by atoms with Gasteiger partial charge >= 0.3 is 5.69 Å². The van der Waals surface area contributed by atoms with Gasteiger partial charge in [-0.1, -0.05) is 32.3 Å². The number of nitrogens with zero attached hydrogens (tertiary/aromatic N) is 1. The third-order valence-corrected chi connectivity index (χ3v) is 2.94. The zero-order valence-electron chi connectivity index (χ0n) is 10.5. The number of rotatable bonds is 8. The molecule has 5 heteroatoms. The molecule has 0 saturated heterocycles. The van der Waals surface area contributed by atoms with Gasteiger partial charge in [-0.2, -0.15) is 0 Å². The molecule has 0 aliphatic rings. The van der Waals surface area contributed by atoms with Gasteiger partial charge in [0.1, 0.15) is 0 Å². The van der Waals surface area contributed by atoms with Crippen molar-refractivity contribution in [2.75, 3.05) is 6.61 Å². The molecule has 100 valence electrons. The molecule has 0 radical (unpaired) electrons. The number of halogens is 1. The highest BCUT2D eigenvalue weighted by Gasteiger charge is 2.15. The first-order chi connectivity index (χ1) is 8.69. The summed E-state index contributed by atoms with van der Waals surface area (Å²) in [6.45, 7) is 2.65. The minimum absolute atomic E-state index is 0.0105. The monoisotopic (exact) mass is 271 g/mol. The van der Waals surface area contributed by atoms with Crippen molar-refractivity contribution in [2.45, 2.75) is 38.5 Å². The molecule has 0 aliphatic heterocycles. The van der Waals surface area contributed by atoms with Gasteiger partial charge in [-0.05, 0) is 18.1 Å². The second-order valence-corrected chi connectivity index (χ2v) is 4.37. The van der Waals surface area contributed by atoms with Crippen molar-refractivity contribution >= 4 is 17.3 Å². The molecule has 1 rings (SSSR count). The quantitative estimate of drug-likeness (QED) is 0.307. The fourth-order valence-corrected chi connectivity index (χ4v) is 1.79. The van der Waals surface area contributed by atoms with E-state index in [0.29, 0.717) is 12.4 Å². The van der Waals surface area contributed by atoms with E-state index in [2.05, 4.69) is 6.92 Å². The number of nitro groups is 1. The van der Waals surface area contributed by atoms with E-state index in [9.17, 15) is 10.1 Å². The first-order valence-corrected chi connectivity index (χ1v) is 6.68. The van der Waals surface area contributed by atoms with E-state index < -0.39 is 4.92 Å². The molecule has 0 heterocycles. The lowest BCUT2D eigenvalue weighted by Gasteiger charge is -2.07. The Kier molecular flexibility index (Phi) is 6.50. The van der Waals surface area contributed by atoms with E-state index in [1.165, 1.54) is 6.07 Å². The van der Waals surface area contributed by atoms with Crippen LogP contribution in [-0.2, 0) is 5.88 Å². The topological polar surface area (TPSA) is 52.4 Å². The molecule has 4 nitrogen and oxygen atoms in total. The molecule has 0 fully saturated rings. The largest absolute Gasteiger partial charge is 0.487 e. The molecular weight excluding hydrogens is 254 g/mol. The Labute approximate surface area is 112 Å². The van der Waals surface area contributed by atoms with Crippen LogP contribution in [0.5, 0.6) is 5.75 Å². The first-order valence-electron chi connectivity index (χ1n) is 6.15. The van der Waals surface area contributed by atoms with E-state index in [1.54, 1.807) is 12.1 Å². The van der Waals surface area contributed by atoms with Crippen molar-refractivity contribution in [2.24, 2.45) is 0 Å². The van der Waals surface area contributed by atoms with Crippen LogP contribution in [-0.4, -0.2) is 11.5 Å². The highest BCUT2D eigenvalue weighted by molar-refractivity contribution is 6.17. The summed E-state index contributed by atoms with van der Waals surface area (Å²) in [6, 6.07) is 4.84. The highest BCUT2D eigenvalue weighted by Crippen LogP contribution is 2.28. The van der Waals surface area contributed by atoms with Crippen molar-refractivity contribution in [3.05, 3.63) is 33.9 Å². The summed E-state index contributed by atoms with van der Waals surface area (Å²) in [5.74, 6) is 0.586. The van der Waals surface area contributed by atoms with Crippen LogP contribution in [0.3, 0.4) is 0 Å². The Bertz CT molecular complexity index is 396. The van der Waals surface area contributed by atoms with Gasteiger partial charge in [0.25, 0.3) is 0 Å². The molecule has 0 aromatic heterocycles. The van der Waals surface area contributed by atoms with Gasteiger partial charge in [-0.15, -0.1) is 11.6 Å². The van der Waals surface area contributed by atoms with Crippen molar-refractivity contribution in [1.82, 2.24) is 0 Å². The average Bonchev–Trinajstić information content (AvgIpc) is 2.38. The number of hydrogen-bond acceptors (Lipinski definition) is 3. The zero-order chi connectivity index (χ0) is 13.4. The maximum absolute atomic E-state index is 10.9. The summed E-state index contributed by atoms with van der Waals surface area (Å²) in [7, 11) is 0.